The second kappa shape index (κ2) is 3.32. The molecule has 0 bridgehead atoms. The quantitative estimate of drug-likeness (QED) is 0.612. The number of aliphatic hydroxyl groups is 2. The predicted molar refractivity (Wildman–Crippen MR) is 44.4 cm³/mol. The van der Waals surface area contributed by atoms with Crippen LogP contribution in [-0.4, -0.2) is 42.8 Å². The fourth-order valence-corrected chi connectivity index (χ4v) is 2.24. The van der Waals surface area contributed by atoms with E-state index in [-0.39, 0.29) is 5.92 Å². The first kappa shape index (κ1) is 9.95. The first-order valence-corrected chi connectivity index (χ1v) is 5.90. The van der Waals surface area contributed by atoms with Gasteiger partial charge >= 0.3 is 0 Å². The molecular formula is C7H14O4S. The van der Waals surface area contributed by atoms with Crippen molar-refractivity contribution in [1.29, 1.82) is 0 Å². The van der Waals surface area contributed by atoms with Crippen LogP contribution in [0.5, 0.6) is 0 Å². The van der Waals surface area contributed by atoms with Crippen molar-refractivity contribution < 1.29 is 18.6 Å². The molecule has 0 aromatic rings. The van der Waals surface area contributed by atoms with Crippen molar-refractivity contribution in [3.8, 4) is 0 Å². The van der Waals surface area contributed by atoms with Gasteiger partial charge in [0.15, 0.2) is 9.84 Å². The monoisotopic (exact) mass is 194 g/mol. The van der Waals surface area contributed by atoms with Crippen LogP contribution in [-0.2, 0) is 9.84 Å². The molecule has 0 aromatic heterocycles. The SMILES string of the molecule is CS(=O)(=O)[C@H](CO)[C@H](O)C1CC1. The lowest BCUT2D eigenvalue weighted by Crippen LogP contribution is -2.37. The molecule has 1 aliphatic carbocycles. The van der Waals surface area contributed by atoms with Crippen molar-refractivity contribution >= 4 is 9.84 Å². The fraction of sp³-hybridized carbons (Fsp3) is 1.00. The van der Waals surface area contributed by atoms with E-state index in [0.717, 1.165) is 19.1 Å². The van der Waals surface area contributed by atoms with Gasteiger partial charge < -0.3 is 10.2 Å². The molecule has 5 heteroatoms. The van der Waals surface area contributed by atoms with E-state index in [2.05, 4.69) is 0 Å². The third kappa shape index (κ3) is 2.18. The van der Waals surface area contributed by atoms with E-state index in [1.165, 1.54) is 0 Å². The van der Waals surface area contributed by atoms with Crippen molar-refractivity contribution in [1.82, 2.24) is 0 Å². The lowest BCUT2D eigenvalue weighted by molar-refractivity contribution is 0.118. The highest BCUT2D eigenvalue weighted by atomic mass is 32.2. The molecule has 0 spiro atoms. The van der Waals surface area contributed by atoms with Crippen LogP contribution < -0.4 is 0 Å². The summed E-state index contributed by atoms with van der Waals surface area (Å²) in [5, 5.41) is 17.2. The number of hydrogen-bond donors (Lipinski definition) is 2. The Morgan fingerprint density at radius 1 is 1.50 bits per heavy atom. The van der Waals surface area contributed by atoms with E-state index in [4.69, 9.17) is 5.11 Å². The standard InChI is InChI=1S/C7H14O4S/c1-12(10,11)6(4-8)7(9)5-2-3-5/h5-9H,2-4H2,1H3/t6-,7-/m1/s1. The van der Waals surface area contributed by atoms with Crippen molar-refractivity contribution in [3.63, 3.8) is 0 Å². The van der Waals surface area contributed by atoms with E-state index in [1.807, 2.05) is 0 Å². The van der Waals surface area contributed by atoms with Crippen molar-refractivity contribution in [2.45, 2.75) is 24.2 Å². The second-order valence-corrected chi connectivity index (χ2v) is 5.64. The third-order valence-electron chi connectivity index (χ3n) is 2.22. The Bertz CT molecular complexity index is 242. The topological polar surface area (TPSA) is 74.6 Å². The van der Waals surface area contributed by atoms with Gasteiger partial charge in [-0.05, 0) is 18.8 Å². The Morgan fingerprint density at radius 3 is 2.25 bits per heavy atom. The molecule has 0 amide bonds. The maximum Gasteiger partial charge on any atom is 0.155 e. The molecule has 1 rings (SSSR count). The van der Waals surface area contributed by atoms with Crippen molar-refractivity contribution in [2.75, 3.05) is 12.9 Å². The summed E-state index contributed by atoms with van der Waals surface area (Å²) < 4.78 is 22.0. The molecule has 0 heterocycles. The van der Waals surface area contributed by atoms with E-state index in [0.29, 0.717) is 0 Å². The highest BCUT2D eigenvalue weighted by molar-refractivity contribution is 7.91. The number of hydrogen-bond acceptors (Lipinski definition) is 4. The summed E-state index contributed by atoms with van der Waals surface area (Å²) >= 11 is 0. The Morgan fingerprint density at radius 2 is 2.00 bits per heavy atom. The summed E-state index contributed by atoms with van der Waals surface area (Å²) in [4.78, 5) is 0. The van der Waals surface area contributed by atoms with Gasteiger partial charge in [0.25, 0.3) is 0 Å². The zero-order valence-electron chi connectivity index (χ0n) is 6.97. The molecule has 0 aromatic carbocycles. The van der Waals surface area contributed by atoms with Crippen LogP contribution >= 0.6 is 0 Å². The third-order valence-corrected chi connectivity index (χ3v) is 3.74. The van der Waals surface area contributed by atoms with Gasteiger partial charge in [0.1, 0.15) is 5.25 Å². The normalized spacial score (nSPS) is 23.6. The Kier molecular flexibility index (Phi) is 2.75. The Labute approximate surface area is 72.1 Å². The van der Waals surface area contributed by atoms with Gasteiger partial charge in [-0.2, -0.15) is 0 Å². The predicted octanol–water partition coefficient (Wildman–Crippen LogP) is -0.837. The van der Waals surface area contributed by atoms with E-state index >= 15 is 0 Å². The molecule has 0 radical (unpaired) electrons. The van der Waals surface area contributed by atoms with Crippen molar-refractivity contribution in [2.24, 2.45) is 5.92 Å². The minimum atomic E-state index is -3.32. The van der Waals surface area contributed by atoms with Crippen molar-refractivity contribution in [3.05, 3.63) is 0 Å². The second-order valence-electron chi connectivity index (χ2n) is 3.38. The summed E-state index contributed by atoms with van der Waals surface area (Å²) in [6, 6.07) is 0. The minimum Gasteiger partial charge on any atom is -0.395 e. The fourth-order valence-electron chi connectivity index (χ4n) is 1.24. The largest absolute Gasteiger partial charge is 0.395 e. The zero-order chi connectivity index (χ0) is 9.35. The van der Waals surface area contributed by atoms with Crippen LogP contribution in [0.2, 0.25) is 0 Å². The molecule has 0 saturated heterocycles. The molecule has 0 unspecified atom stereocenters. The van der Waals surface area contributed by atoms with E-state index in [9.17, 15) is 13.5 Å². The van der Waals surface area contributed by atoms with Crippen LogP contribution in [0.4, 0.5) is 0 Å². The average molecular weight is 194 g/mol. The molecule has 2 N–H and O–H groups in total. The van der Waals surface area contributed by atoms with Crippen LogP contribution in [0.3, 0.4) is 0 Å². The summed E-state index contributed by atoms with van der Waals surface area (Å²) in [6.07, 6.45) is 1.89. The molecular weight excluding hydrogens is 180 g/mol. The van der Waals surface area contributed by atoms with Gasteiger partial charge in [-0.15, -0.1) is 0 Å². The van der Waals surface area contributed by atoms with Crippen LogP contribution in [0.1, 0.15) is 12.8 Å². The molecule has 4 nitrogen and oxygen atoms in total. The van der Waals surface area contributed by atoms with Crippen LogP contribution in [0, 0.1) is 5.92 Å². The first-order valence-electron chi connectivity index (χ1n) is 3.94. The molecule has 2 atom stereocenters. The molecule has 1 fully saturated rings. The van der Waals surface area contributed by atoms with E-state index < -0.39 is 27.8 Å². The maximum absolute atomic E-state index is 11.0. The zero-order valence-corrected chi connectivity index (χ0v) is 7.79. The highest BCUT2D eigenvalue weighted by Gasteiger charge is 2.39. The average Bonchev–Trinajstić information content (AvgIpc) is 2.65. The molecule has 72 valence electrons. The van der Waals surface area contributed by atoms with Crippen LogP contribution in [0.15, 0.2) is 0 Å². The molecule has 0 aliphatic heterocycles. The number of aliphatic hydroxyl groups excluding tert-OH is 2. The molecule has 1 saturated carbocycles. The lowest BCUT2D eigenvalue weighted by Gasteiger charge is -2.18. The molecule has 12 heavy (non-hydrogen) atoms. The van der Waals surface area contributed by atoms with E-state index in [1.54, 1.807) is 0 Å². The van der Waals surface area contributed by atoms with Crippen LogP contribution in [0.25, 0.3) is 0 Å². The Balaban J connectivity index is 2.67. The molecule has 1 aliphatic rings. The number of rotatable bonds is 4. The van der Waals surface area contributed by atoms with Gasteiger partial charge in [-0.1, -0.05) is 0 Å². The highest BCUT2D eigenvalue weighted by Crippen LogP contribution is 2.35. The smallest absolute Gasteiger partial charge is 0.155 e. The first-order chi connectivity index (χ1) is 5.46. The maximum atomic E-state index is 11.0. The Hall–Kier alpha value is -0.130. The lowest BCUT2D eigenvalue weighted by atomic mass is 10.2. The summed E-state index contributed by atoms with van der Waals surface area (Å²) in [6.45, 7) is -0.490. The van der Waals surface area contributed by atoms with Gasteiger partial charge in [-0.25, -0.2) is 8.42 Å². The number of sulfone groups is 1. The van der Waals surface area contributed by atoms with Gasteiger partial charge in [-0.3, -0.25) is 0 Å². The van der Waals surface area contributed by atoms with Gasteiger partial charge in [0.2, 0.25) is 0 Å². The summed E-state index contributed by atoms with van der Waals surface area (Å²) in [5.41, 5.74) is 0. The summed E-state index contributed by atoms with van der Waals surface area (Å²) in [5.74, 6) is 0.0804. The minimum absolute atomic E-state index is 0.0804. The summed E-state index contributed by atoms with van der Waals surface area (Å²) in [7, 11) is -3.32. The van der Waals surface area contributed by atoms with Gasteiger partial charge in [0.05, 0.1) is 12.7 Å². The van der Waals surface area contributed by atoms with Gasteiger partial charge in [0, 0.05) is 6.26 Å².